The van der Waals surface area contributed by atoms with Crippen molar-refractivity contribution in [2.75, 3.05) is 4.90 Å². The zero-order chi connectivity index (χ0) is 26.9. The molecule has 0 aromatic heterocycles. The number of anilines is 1. The average Bonchev–Trinajstić information content (AvgIpc) is 2.84. The van der Waals surface area contributed by atoms with Crippen LogP contribution >= 0.6 is 23.2 Å². The van der Waals surface area contributed by atoms with Gasteiger partial charge in [0.25, 0.3) is 17.5 Å². The second-order valence-corrected chi connectivity index (χ2v) is 8.24. The van der Waals surface area contributed by atoms with Crippen LogP contribution in [-0.4, -0.2) is 27.7 Å². The Bertz CT molecular complexity index is 1520. The van der Waals surface area contributed by atoms with E-state index in [0.717, 1.165) is 23.1 Å². The Morgan fingerprint density at radius 2 is 1.54 bits per heavy atom. The molecule has 4 rings (SSSR count). The highest BCUT2D eigenvalue weighted by Gasteiger charge is 2.36. The summed E-state index contributed by atoms with van der Waals surface area (Å²) >= 11 is 12.1. The maximum absolute atomic E-state index is 13.0. The molecule has 0 radical (unpaired) electrons. The van der Waals surface area contributed by atoms with Gasteiger partial charge < -0.3 is 4.74 Å². The first-order valence-electron chi connectivity index (χ1n) is 10.1. The van der Waals surface area contributed by atoms with Gasteiger partial charge in [-0.25, -0.2) is 9.69 Å². The summed E-state index contributed by atoms with van der Waals surface area (Å²) in [5.41, 5.74) is -1.02. The molecule has 0 saturated carbocycles. The number of imide groups is 2. The number of nitrogens with zero attached hydrogens (tertiary/aromatic N) is 3. The first-order valence-corrected chi connectivity index (χ1v) is 10.9. The number of carbonyl (C=O) groups excluding carboxylic acids is 3. The number of hydrogen-bond acceptors (Lipinski definition) is 8. The van der Waals surface area contributed by atoms with E-state index in [-0.39, 0.29) is 33.3 Å². The summed E-state index contributed by atoms with van der Waals surface area (Å²) in [5, 5.41) is 24.7. The highest BCUT2D eigenvalue weighted by Crippen LogP contribution is 2.37. The molecule has 0 unspecified atom stereocenters. The van der Waals surface area contributed by atoms with Crippen molar-refractivity contribution in [3.8, 4) is 11.5 Å². The number of nitrogens with one attached hydrogen (secondary N) is 1. The maximum atomic E-state index is 13.0. The second kappa shape index (κ2) is 10.0. The van der Waals surface area contributed by atoms with Crippen molar-refractivity contribution < 1.29 is 29.0 Å². The molecule has 1 aliphatic heterocycles. The minimum Gasteiger partial charge on any atom is -0.449 e. The fraction of sp³-hybridized carbons (Fsp3) is 0. The first kappa shape index (κ1) is 25.3. The Hall–Kier alpha value is -4.81. The summed E-state index contributed by atoms with van der Waals surface area (Å²) in [5.74, 6) is -2.12. The third kappa shape index (κ3) is 5.24. The van der Waals surface area contributed by atoms with Crippen LogP contribution in [0.3, 0.4) is 0 Å². The van der Waals surface area contributed by atoms with Crippen LogP contribution in [0.2, 0.25) is 10.0 Å². The van der Waals surface area contributed by atoms with Gasteiger partial charge in [0, 0.05) is 11.1 Å². The number of non-ortho nitro benzene ring substituents is 1. The number of urea groups is 1. The molecule has 4 amide bonds. The Morgan fingerprint density at radius 3 is 2.16 bits per heavy atom. The third-order valence-electron chi connectivity index (χ3n) is 5.02. The van der Waals surface area contributed by atoms with Crippen LogP contribution in [0.1, 0.15) is 5.56 Å². The van der Waals surface area contributed by atoms with Crippen LogP contribution in [0.5, 0.6) is 11.5 Å². The largest absolute Gasteiger partial charge is 0.449 e. The smallest absolute Gasteiger partial charge is 0.335 e. The van der Waals surface area contributed by atoms with E-state index in [0.29, 0.717) is 5.02 Å². The maximum Gasteiger partial charge on any atom is 0.335 e. The van der Waals surface area contributed by atoms with E-state index < -0.39 is 39.1 Å². The van der Waals surface area contributed by atoms with Gasteiger partial charge in [-0.15, -0.1) is 0 Å². The van der Waals surface area contributed by atoms with Crippen molar-refractivity contribution in [3.05, 3.63) is 102 Å². The monoisotopic (exact) mass is 542 g/mol. The van der Waals surface area contributed by atoms with Crippen LogP contribution in [0.15, 0.2) is 66.2 Å². The van der Waals surface area contributed by atoms with Crippen molar-refractivity contribution in [1.82, 2.24) is 5.32 Å². The molecule has 14 heteroatoms. The van der Waals surface area contributed by atoms with Gasteiger partial charge >= 0.3 is 11.7 Å². The Balaban J connectivity index is 1.63. The van der Waals surface area contributed by atoms with E-state index >= 15 is 0 Å². The van der Waals surface area contributed by atoms with Gasteiger partial charge in [-0.05, 0) is 54.1 Å². The molecule has 1 saturated heterocycles. The standard InChI is InChI=1S/C23H12Cl2N4O8/c24-13-2-4-14(5-3-13)27-22(31)16(21(30)26-23(27)32)9-12-1-7-19(17(25)10-12)37-20-8-6-15(28(33)34)11-18(20)29(35)36/h1-11H,(H,26,30,32)/b16-9+. The summed E-state index contributed by atoms with van der Waals surface area (Å²) in [4.78, 5) is 59.1. The first-order chi connectivity index (χ1) is 17.5. The molecule has 0 atom stereocenters. The van der Waals surface area contributed by atoms with E-state index in [2.05, 4.69) is 5.32 Å². The van der Waals surface area contributed by atoms with Gasteiger partial charge in [-0.3, -0.25) is 35.1 Å². The molecule has 1 heterocycles. The number of amides is 4. The molecule has 0 aliphatic carbocycles. The van der Waals surface area contributed by atoms with Gasteiger partial charge in [0.15, 0.2) is 0 Å². The predicted octanol–water partition coefficient (Wildman–Crippen LogP) is 5.27. The molecule has 186 valence electrons. The number of nitro benzene ring substituents is 2. The second-order valence-electron chi connectivity index (χ2n) is 7.39. The highest BCUT2D eigenvalue weighted by molar-refractivity contribution is 6.39. The molecule has 3 aromatic carbocycles. The van der Waals surface area contributed by atoms with Crippen LogP contribution in [0.4, 0.5) is 21.9 Å². The molecular formula is C23H12Cl2N4O8. The number of hydrogen-bond donors (Lipinski definition) is 1. The number of rotatable bonds is 6. The van der Waals surface area contributed by atoms with Gasteiger partial charge in [0.2, 0.25) is 5.75 Å². The zero-order valence-corrected chi connectivity index (χ0v) is 19.7. The van der Waals surface area contributed by atoms with E-state index in [1.165, 1.54) is 48.5 Å². The highest BCUT2D eigenvalue weighted by atomic mass is 35.5. The quantitative estimate of drug-likeness (QED) is 0.190. The number of halogens is 2. The van der Waals surface area contributed by atoms with Crippen LogP contribution < -0.4 is 15.0 Å². The molecule has 1 fully saturated rings. The lowest BCUT2D eigenvalue weighted by Gasteiger charge is -2.26. The summed E-state index contributed by atoms with van der Waals surface area (Å²) in [6, 6.07) is 11.8. The lowest BCUT2D eigenvalue weighted by atomic mass is 10.1. The van der Waals surface area contributed by atoms with E-state index in [9.17, 15) is 34.6 Å². The Morgan fingerprint density at radius 1 is 0.865 bits per heavy atom. The lowest BCUT2D eigenvalue weighted by Crippen LogP contribution is -2.54. The fourth-order valence-electron chi connectivity index (χ4n) is 3.31. The molecule has 3 aromatic rings. The SMILES string of the molecule is O=C1NC(=O)N(c2ccc(Cl)cc2)C(=O)/C1=C/c1ccc(Oc2ccc([N+](=O)[O-])cc2[N+](=O)[O-])c(Cl)c1. The van der Waals surface area contributed by atoms with Crippen LogP contribution in [0, 0.1) is 20.2 Å². The zero-order valence-electron chi connectivity index (χ0n) is 18.2. The lowest BCUT2D eigenvalue weighted by molar-refractivity contribution is -0.394. The Kier molecular flexibility index (Phi) is 6.87. The van der Waals surface area contributed by atoms with Gasteiger partial charge in [-0.1, -0.05) is 29.3 Å². The van der Waals surface area contributed by atoms with E-state index in [4.69, 9.17) is 27.9 Å². The van der Waals surface area contributed by atoms with Crippen molar-refractivity contribution in [2.45, 2.75) is 0 Å². The molecule has 1 N–H and O–H groups in total. The van der Waals surface area contributed by atoms with Crippen molar-refractivity contribution in [1.29, 1.82) is 0 Å². The Labute approximate surface area is 216 Å². The summed E-state index contributed by atoms with van der Waals surface area (Å²) < 4.78 is 5.50. The summed E-state index contributed by atoms with van der Waals surface area (Å²) in [6.45, 7) is 0. The number of barbiturate groups is 1. The molecule has 0 spiro atoms. The molecule has 0 bridgehead atoms. The number of ether oxygens (including phenoxy) is 1. The molecule has 12 nitrogen and oxygen atoms in total. The topological polar surface area (TPSA) is 162 Å². The van der Waals surface area contributed by atoms with Gasteiger partial charge in [-0.2, -0.15) is 0 Å². The third-order valence-corrected chi connectivity index (χ3v) is 5.57. The van der Waals surface area contributed by atoms with Crippen molar-refractivity contribution >= 4 is 64.2 Å². The van der Waals surface area contributed by atoms with Gasteiger partial charge in [0.05, 0.1) is 26.6 Å². The summed E-state index contributed by atoms with van der Waals surface area (Å²) in [7, 11) is 0. The van der Waals surface area contributed by atoms with Crippen molar-refractivity contribution in [3.63, 3.8) is 0 Å². The van der Waals surface area contributed by atoms with E-state index in [1.54, 1.807) is 0 Å². The molecular weight excluding hydrogens is 531 g/mol. The molecule has 1 aliphatic rings. The minimum absolute atomic E-state index is 0.0295. The fourth-order valence-corrected chi connectivity index (χ4v) is 3.66. The minimum atomic E-state index is -0.930. The number of benzene rings is 3. The van der Waals surface area contributed by atoms with Crippen LogP contribution in [0.25, 0.3) is 6.08 Å². The predicted molar refractivity (Wildman–Crippen MR) is 132 cm³/mol. The average molecular weight is 543 g/mol. The normalized spacial score (nSPS) is 14.5. The molecule has 37 heavy (non-hydrogen) atoms. The van der Waals surface area contributed by atoms with Crippen molar-refractivity contribution in [2.24, 2.45) is 0 Å². The van der Waals surface area contributed by atoms with Crippen LogP contribution in [-0.2, 0) is 9.59 Å². The van der Waals surface area contributed by atoms with E-state index in [1.807, 2.05) is 0 Å². The number of nitro groups is 2. The van der Waals surface area contributed by atoms with Gasteiger partial charge in [0.1, 0.15) is 11.3 Å². The summed E-state index contributed by atoms with van der Waals surface area (Å²) in [6.07, 6.45) is 1.21. The number of carbonyl (C=O) groups is 3.